The predicted octanol–water partition coefficient (Wildman–Crippen LogP) is 1.56. The molecule has 2 atom stereocenters. The average molecular weight is 224 g/mol. The monoisotopic (exact) mass is 224 g/mol. The van der Waals surface area contributed by atoms with E-state index < -0.39 is 0 Å². The van der Waals surface area contributed by atoms with Gasteiger partial charge in [-0.25, -0.2) is 0 Å². The normalized spacial score (nSPS) is 13.4. The van der Waals surface area contributed by atoms with Crippen LogP contribution in [-0.2, 0) is 9.59 Å². The zero-order chi connectivity index (χ0) is 12.6. The highest BCUT2D eigenvalue weighted by molar-refractivity contribution is 5.84. The van der Waals surface area contributed by atoms with Gasteiger partial charge < -0.3 is 0 Å². The molecule has 90 valence electrons. The summed E-state index contributed by atoms with van der Waals surface area (Å²) in [5.41, 5.74) is 4.77. The summed E-state index contributed by atoms with van der Waals surface area (Å²) >= 11 is 0. The van der Waals surface area contributed by atoms with Crippen molar-refractivity contribution in [2.75, 3.05) is 0 Å². The lowest BCUT2D eigenvalue weighted by molar-refractivity contribution is -0.132. The van der Waals surface area contributed by atoms with Crippen molar-refractivity contribution >= 4 is 11.8 Å². The minimum absolute atomic E-state index is 0.187. The maximum Gasteiger partial charge on any atom is 0.241 e. The van der Waals surface area contributed by atoms with Crippen molar-refractivity contribution in [3.05, 3.63) is 25.3 Å². The van der Waals surface area contributed by atoms with Gasteiger partial charge in [0, 0.05) is 11.8 Å². The van der Waals surface area contributed by atoms with Gasteiger partial charge in [0.25, 0.3) is 0 Å². The highest BCUT2D eigenvalue weighted by atomic mass is 16.2. The van der Waals surface area contributed by atoms with Gasteiger partial charge >= 0.3 is 0 Å². The average Bonchev–Trinajstić information content (AvgIpc) is 2.25. The fourth-order valence-corrected chi connectivity index (χ4v) is 1.08. The molecule has 16 heavy (non-hydrogen) atoms. The van der Waals surface area contributed by atoms with E-state index in [1.165, 1.54) is 0 Å². The first-order chi connectivity index (χ1) is 7.52. The second-order valence-corrected chi connectivity index (χ2v) is 3.83. The van der Waals surface area contributed by atoms with Crippen molar-refractivity contribution in [3.8, 4) is 0 Å². The van der Waals surface area contributed by atoms with E-state index in [4.69, 9.17) is 0 Å². The van der Waals surface area contributed by atoms with Crippen molar-refractivity contribution in [2.24, 2.45) is 11.8 Å². The summed E-state index contributed by atoms with van der Waals surface area (Å²) in [6.07, 6.45) is 4.52. The Labute approximate surface area is 96.8 Å². The summed E-state index contributed by atoms with van der Waals surface area (Å²) in [4.78, 5) is 22.8. The Morgan fingerprint density at radius 3 is 1.56 bits per heavy atom. The van der Waals surface area contributed by atoms with Gasteiger partial charge in [0.2, 0.25) is 11.8 Å². The maximum atomic E-state index is 11.4. The van der Waals surface area contributed by atoms with Crippen LogP contribution >= 0.6 is 0 Å². The number of carbonyl (C=O) groups is 2. The highest BCUT2D eigenvalue weighted by Crippen LogP contribution is 2.02. The van der Waals surface area contributed by atoms with Crippen LogP contribution in [0.5, 0.6) is 0 Å². The summed E-state index contributed by atoms with van der Waals surface area (Å²) in [7, 11) is 0. The van der Waals surface area contributed by atoms with Crippen molar-refractivity contribution in [1.29, 1.82) is 0 Å². The van der Waals surface area contributed by atoms with E-state index in [2.05, 4.69) is 24.0 Å². The third-order valence-corrected chi connectivity index (χ3v) is 2.24. The predicted molar refractivity (Wildman–Crippen MR) is 64.2 cm³/mol. The van der Waals surface area contributed by atoms with E-state index in [9.17, 15) is 9.59 Å². The summed E-state index contributed by atoms with van der Waals surface area (Å²) in [6.45, 7) is 10.7. The molecule has 0 saturated carbocycles. The number of hydrogen-bond donors (Lipinski definition) is 2. The lowest BCUT2D eigenvalue weighted by Gasteiger charge is -2.13. The molecule has 0 aromatic carbocycles. The number of rotatable bonds is 6. The Hall–Kier alpha value is -1.58. The van der Waals surface area contributed by atoms with E-state index in [-0.39, 0.29) is 23.7 Å². The van der Waals surface area contributed by atoms with Gasteiger partial charge in [-0.1, -0.05) is 26.0 Å². The molecule has 0 unspecified atom stereocenters. The molecule has 0 aromatic rings. The zero-order valence-electron chi connectivity index (χ0n) is 9.95. The first kappa shape index (κ1) is 14.4. The summed E-state index contributed by atoms with van der Waals surface area (Å²) in [5, 5.41) is 0. The van der Waals surface area contributed by atoms with Gasteiger partial charge in [0.1, 0.15) is 0 Å². The number of allylic oxidation sites excluding steroid dienone is 2. The Balaban J connectivity index is 3.95. The second kappa shape index (κ2) is 7.68. The first-order valence-corrected chi connectivity index (χ1v) is 5.34. The van der Waals surface area contributed by atoms with Crippen molar-refractivity contribution < 1.29 is 9.59 Å². The molecule has 4 heteroatoms. The molecule has 0 aliphatic rings. The highest BCUT2D eigenvalue weighted by Gasteiger charge is 2.14. The van der Waals surface area contributed by atoms with Crippen LogP contribution in [0, 0.1) is 11.8 Å². The van der Waals surface area contributed by atoms with Crippen LogP contribution < -0.4 is 10.9 Å². The minimum Gasteiger partial charge on any atom is -0.273 e. The molecule has 0 heterocycles. The molecular formula is C12H20N2O2. The SMILES string of the molecule is C=CC[C@H](C)C(=O)NNC(=O)[C@@H](C)CC=C. The standard InChI is InChI=1S/C12H20N2O2/c1-5-7-9(3)11(15)13-14-12(16)10(4)8-6-2/h5-6,9-10H,1-2,7-8H2,3-4H3,(H,13,15)(H,14,16)/t9-,10-/m0/s1. The van der Waals surface area contributed by atoms with Gasteiger partial charge in [-0.3, -0.25) is 20.4 Å². The second-order valence-electron chi connectivity index (χ2n) is 3.83. The number of nitrogens with one attached hydrogen (secondary N) is 2. The first-order valence-electron chi connectivity index (χ1n) is 5.34. The Morgan fingerprint density at radius 2 is 1.31 bits per heavy atom. The van der Waals surface area contributed by atoms with Crippen molar-refractivity contribution in [1.82, 2.24) is 10.9 Å². The number of carbonyl (C=O) groups excluding carboxylic acids is 2. The van der Waals surface area contributed by atoms with E-state index in [1.54, 1.807) is 26.0 Å². The van der Waals surface area contributed by atoms with Gasteiger partial charge in [0.05, 0.1) is 0 Å². The van der Waals surface area contributed by atoms with Crippen LogP contribution in [0.15, 0.2) is 25.3 Å². The van der Waals surface area contributed by atoms with E-state index in [0.29, 0.717) is 12.8 Å². The van der Waals surface area contributed by atoms with Crippen LogP contribution in [-0.4, -0.2) is 11.8 Å². The summed E-state index contributed by atoms with van der Waals surface area (Å²) in [5.74, 6) is -0.793. The Morgan fingerprint density at radius 1 is 1.00 bits per heavy atom. The molecule has 0 fully saturated rings. The third-order valence-electron chi connectivity index (χ3n) is 2.24. The third kappa shape index (κ3) is 5.34. The van der Waals surface area contributed by atoms with Gasteiger partial charge in [-0.2, -0.15) is 0 Å². The van der Waals surface area contributed by atoms with Crippen LogP contribution in [0.1, 0.15) is 26.7 Å². The van der Waals surface area contributed by atoms with E-state index in [0.717, 1.165) is 0 Å². The van der Waals surface area contributed by atoms with Crippen LogP contribution in [0.3, 0.4) is 0 Å². The number of amides is 2. The smallest absolute Gasteiger partial charge is 0.241 e. The van der Waals surface area contributed by atoms with Gasteiger partial charge in [-0.05, 0) is 12.8 Å². The van der Waals surface area contributed by atoms with E-state index >= 15 is 0 Å². The number of hydrogen-bond acceptors (Lipinski definition) is 2. The molecule has 0 aromatic heterocycles. The largest absolute Gasteiger partial charge is 0.273 e. The maximum absolute atomic E-state index is 11.4. The molecule has 0 saturated heterocycles. The Kier molecular flexibility index (Phi) is 6.92. The lowest BCUT2D eigenvalue weighted by Crippen LogP contribution is -2.45. The molecule has 0 rings (SSSR count). The molecule has 2 amide bonds. The molecule has 0 aliphatic heterocycles. The topological polar surface area (TPSA) is 58.2 Å². The van der Waals surface area contributed by atoms with Gasteiger partial charge in [0.15, 0.2) is 0 Å². The molecule has 0 bridgehead atoms. The Bertz CT molecular complexity index is 246. The summed E-state index contributed by atoms with van der Waals surface area (Å²) < 4.78 is 0. The summed E-state index contributed by atoms with van der Waals surface area (Å²) in [6, 6.07) is 0. The number of hydrazine groups is 1. The molecule has 0 spiro atoms. The zero-order valence-corrected chi connectivity index (χ0v) is 9.95. The molecule has 0 aliphatic carbocycles. The molecular weight excluding hydrogens is 204 g/mol. The fraction of sp³-hybridized carbons (Fsp3) is 0.500. The van der Waals surface area contributed by atoms with Crippen molar-refractivity contribution in [3.63, 3.8) is 0 Å². The van der Waals surface area contributed by atoms with E-state index in [1.807, 2.05) is 0 Å². The van der Waals surface area contributed by atoms with Crippen molar-refractivity contribution in [2.45, 2.75) is 26.7 Å². The van der Waals surface area contributed by atoms with Crippen LogP contribution in [0.25, 0.3) is 0 Å². The van der Waals surface area contributed by atoms with Crippen LogP contribution in [0.2, 0.25) is 0 Å². The lowest BCUT2D eigenvalue weighted by atomic mass is 10.1. The van der Waals surface area contributed by atoms with Crippen LogP contribution in [0.4, 0.5) is 0 Å². The molecule has 4 nitrogen and oxygen atoms in total. The fourth-order valence-electron chi connectivity index (χ4n) is 1.08. The molecule has 0 radical (unpaired) electrons. The minimum atomic E-state index is -0.209. The van der Waals surface area contributed by atoms with Gasteiger partial charge in [-0.15, -0.1) is 13.2 Å². The molecule has 2 N–H and O–H groups in total. The quantitative estimate of drug-likeness (QED) is 0.531.